The molecule has 154 valence electrons. The number of anilines is 2. The number of hydrogen-bond donors (Lipinski definition) is 2. The quantitative estimate of drug-likeness (QED) is 0.729. The minimum atomic E-state index is -0.321. The molecule has 2 amide bonds. The van der Waals surface area contributed by atoms with Gasteiger partial charge in [-0.1, -0.05) is 12.1 Å². The molecule has 0 atom stereocenters. The molecular weight excluding hydrogens is 375 g/mol. The van der Waals surface area contributed by atoms with E-state index in [2.05, 4.69) is 20.4 Å². The molecule has 0 aliphatic carbocycles. The highest BCUT2D eigenvalue weighted by Gasteiger charge is 2.19. The minimum absolute atomic E-state index is 0.216. The first kappa shape index (κ1) is 20.6. The Bertz CT molecular complexity index is 819. The second-order valence-corrected chi connectivity index (χ2v) is 6.82. The number of nitrogens with one attached hydrogen (secondary N) is 2. The molecular formula is C21H25FN4O3. The van der Waals surface area contributed by atoms with Gasteiger partial charge in [0.2, 0.25) is 0 Å². The summed E-state index contributed by atoms with van der Waals surface area (Å²) in [6.45, 7) is 3.87. The molecule has 2 aromatic rings. The van der Waals surface area contributed by atoms with Crippen molar-refractivity contribution in [2.75, 3.05) is 50.1 Å². The van der Waals surface area contributed by atoms with Crippen LogP contribution >= 0.6 is 0 Å². The maximum atomic E-state index is 12.9. The topological polar surface area (TPSA) is 73.9 Å². The molecule has 1 aliphatic rings. The Morgan fingerprint density at radius 1 is 1.00 bits per heavy atom. The van der Waals surface area contributed by atoms with Gasteiger partial charge in [0.05, 0.1) is 13.7 Å². The third-order valence-electron chi connectivity index (χ3n) is 4.81. The van der Waals surface area contributed by atoms with Gasteiger partial charge in [-0.05, 0) is 42.0 Å². The van der Waals surface area contributed by atoms with Crippen LogP contribution in [0.3, 0.4) is 0 Å². The predicted molar refractivity (Wildman–Crippen MR) is 109 cm³/mol. The number of esters is 1. The fourth-order valence-corrected chi connectivity index (χ4v) is 3.13. The highest BCUT2D eigenvalue weighted by molar-refractivity contribution is 5.89. The summed E-state index contributed by atoms with van der Waals surface area (Å²) in [6, 6.07) is 13.3. The lowest BCUT2D eigenvalue weighted by Crippen LogP contribution is -2.48. The van der Waals surface area contributed by atoms with Crippen LogP contribution in [-0.2, 0) is 16.1 Å². The Balaban J connectivity index is 1.44. The first-order chi connectivity index (χ1) is 14.0. The second kappa shape index (κ2) is 9.88. The number of carbonyl (C=O) groups is 2. The fraction of sp³-hybridized carbons (Fsp3) is 0.333. The number of ether oxygens (including phenoxy) is 1. The lowest BCUT2D eigenvalue weighted by molar-refractivity contribution is -0.142. The summed E-state index contributed by atoms with van der Waals surface area (Å²) in [5.41, 5.74) is 2.58. The molecule has 0 aromatic heterocycles. The molecule has 1 saturated heterocycles. The summed E-state index contributed by atoms with van der Waals surface area (Å²) in [4.78, 5) is 27.7. The number of amides is 2. The Morgan fingerprint density at radius 2 is 1.66 bits per heavy atom. The number of urea groups is 1. The van der Waals surface area contributed by atoms with Gasteiger partial charge in [-0.2, -0.15) is 0 Å². The zero-order valence-electron chi connectivity index (χ0n) is 16.4. The van der Waals surface area contributed by atoms with Crippen molar-refractivity contribution >= 4 is 23.4 Å². The molecule has 7 nitrogen and oxygen atoms in total. The molecule has 3 rings (SSSR count). The molecule has 1 heterocycles. The SMILES string of the molecule is COC(=O)CN1CCN(c2ccc(NC(=O)NCc3ccc(F)cc3)cc2)CC1. The zero-order chi connectivity index (χ0) is 20.6. The maximum absolute atomic E-state index is 12.9. The second-order valence-electron chi connectivity index (χ2n) is 6.82. The molecule has 29 heavy (non-hydrogen) atoms. The van der Waals surface area contributed by atoms with Crippen molar-refractivity contribution in [1.82, 2.24) is 10.2 Å². The minimum Gasteiger partial charge on any atom is -0.468 e. The van der Waals surface area contributed by atoms with Crippen LogP contribution in [0.15, 0.2) is 48.5 Å². The molecule has 8 heteroatoms. The van der Waals surface area contributed by atoms with Crippen LogP contribution in [0.4, 0.5) is 20.6 Å². The first-order valence-corrected chi connectivity index (χ1v) is 9.47. The molecule has 1 fully saturated rings. The Morgan fingerprint density at radius 3 is 2.28 bits per heavy atom. The average Bonchev–Trinajstić information content (AvgIpc) is 2.74. The van der Waals surface area contributed by atoms with Gasteiger partial charge in [0.1, 0.15) is 5.82 Å². The lowest BCUT2D eigenvalue weighted by atomic mass is 10.2. The lowest BCUT2D eigenvalue weighted by Gasteiger charge is -2.35. The molecule has 0 radical (unpaired) electrons. The molecule has 2 N–H and O–H groups in total. The van der Waals surface area contributed by atoms with E-state index in [9.17, 15) is 14.0 Å². The summed E-state index contributed by atoms with van der Waals surface area (Å²) >= 11 is 0. The zero-order valence-corrected chi connectivity index (χ0v) is 16.4. The molecule has 2 aromatic carbocycles. The van der Waals surface area contributed by atoms with Crippen LogP contribution in [0.1, 0.15) is 5.56 Å². The Labute approximate surface area is 169 Å². The van der Waals surface area contributed by atoms with Crippen molar-refractivity contribution in [2.45, 2.75) is 6.54 Å². The number of rotatable bonds is 6. The smallest absolute Gasteiger partial charge is 0.319 e. The van der Waals surface area contributed by atoms with Gasteiger partial charge in [-0.25, -0.2) is 9.18 Å². The number of benzene rings is 2. The van der Waals surface area contributed by atoms with E-state index in [1.54, 1.807) is 12.1 Å². The van der Waals surface area contributed by atoms with Gasteiger partial charge in [0.25, 0.3) is 0 Å². The van der Waals surface area contributed by atoms with Crippen molar-refractivity contribution in [1.29, 1.82) is 0 Å². The standard InChI is InChI=1S/C21H25FN4O3/c1-29-20(27)15-25-10-12-26(13-11-25)19-8-6-18(7-9-19)24-21(28)23-14-16-2-4-17(22)5-3-16/h2-9H,10-15H2,1H3,(H2,23,24,28). The van der Waals surface area contributed by atoms with E-state index < -0.39 is 0 Å². The molecule has 1 aliphatic heterocycles. The molecule has 0 saturated carbocycles. The highest BCUT2D eigenvalue weighted by Crippen LogP contribution is 2.19. The van der Waals surface area contributed by atoms with Crippen molar-refractivity contribution in [3.63, 3.8) is 0 Å². The first-order valence-electron chi connectivity index (χ1n) is 9.47. The summed E-state index contributed by atoms with van der Waals surface area (Å²) < 4.78 is 17.6. The van der Waals surface area contributed by atoms with E-state index in [1.165, 1.54) is 19.2 Å². The van der Waals surface area contributed by atoms with Crippen LogP contribution in [0.25, 0.3) is 0 Å². The number of hydrogen-bond acceptors (Lipinski definition) is 5. The summed E-state index contributed by atoms with van der Waals surface area (Å²) in [7, 11) is 1.40. The van der Waals surface area contributed by atoms with E-state index >= 15 is 0 Å². The van der Waals surface area contributed by atoms with E-state index in [4.69, 9.17) is 4.74 Å². The van der Waals surface area contributed by atoms with Gasteiger partial charge in [-0.15, -0.1) is 0 Å². The maximum Gasteiger partial charge on any atom is 0.319 e. The van der Waals surface area contributed by atoms with Crippen LogP contribution in [0.5, 0.6) is 0 Å². The van der Waals surface area contributed by atoms with Gasteiger partial charge in [-0.3, -0.25) is 9.69 Å². The molecule has 0 spiro atoms. The Hall–Kier alpha value is -3.13. The Kier molecular flexibility index (Phi) is 7.02. The summed E-state index contributed by atoms with van der Waals surface area (Å²) in [5.74, 6) is -0.519. The third-order valence-corrected chi connectivity index (χ3v) is 4.81. The predicted octanol–water partition coefficient (Wildman–Crippen LogP) is 2.44. The van der Waals surface area contributed by atoms with Crippen molar-refractivity contribution in [2.24, 2.45) is 0 Å². The van der Waals surface area contributed by atoms with E-state index in [1.807, 2.05) is 24.3 Å². The van der Waals surface area contributed by atoms with E-state index in [0.717, 1.165) is 37.4 Å². The number of nitrogens with zero attached hydrogens (tertiary/aromatic N) is 2. The molecule has 0 unspecified atom stereocenters. The molecule has 0 bridgehead atoms. The fourth-order valence-electron chi connectivity index (χ4n) is 3.13. The number of piperazine rings is 1. The van der Waals surface area contributed by atoms with E-state index in [-0.39, 0.29) is 17.8 Å². The highest BCUT2D eigenvalue weighted by atomic mass is 19.1. The average molecular weight is 400 g/mol. The summed E-state index contributed by atoms with van der Waals surface area (Å²) in [6.07, 6.45) is 0. The van der Waals surface area contributed by atoms with Crippen LogP contribution < -0.4 is 15.5 Å². The van der Waals surface area contributed by atoms with Crippen LogP contribution in [0.2, 0.25) is 0 Å². The van der Waals surface area contributed by atoms with Crippen molar-refractivity contribution < 1.29 is 18.7 Å². The van der Waals surface area contributed by atoms with Gasteiger partial charge >= 0.3 is 12.0 Å². The third kappa shape index (κ3) is 6.18. The van der Waals surface area contributed by atoms with Crippen molar-refractivity contribution in [3.05, 3.63) is 59.9 Å². The van der Waals surface area contributed by atoms with Gasteiger partial charge in [0, 0.05) is 44.1 Å². The normalized spacial score (nSPS) is 14.3. The number of methoxy groups -OCH3 is 1. The van der Waals surface area contributed by atoms with Crippen molar-refractivity contribution in [3.8, 4) is 0 Å². The van der Waals surface area contributed by atoms with Crippen LogP contribution in [0, 0.1) is 5.82 Å². The van der Waals surface area contributed by atoms with E-state index in [0.29, 0.717) is 18.8 Å². The summed E-state index contributed by atoms with van der Waals surface area (Å²) in [5, 5.41) is 5.53. The van der Waals surface area contributed by atoms with Gasteiger partial charge in [0.15, 0.2) is 0 Å². The van der Waals surface area contributed by atoms with Gasteiger partial charge < -0.3 is 20.3 Å². The largest absolute Gasteiger partial charge is 0.468 e. The monoisotopic (exact) mass is 400 g/mol. The number of carbonyl (C=O) groups excluding carboxylic acids is 2. The van der Waals surface area contributed by atoms with Crippen LogP contribution in [-0.4, -0.2) is 56.7 Å². The number of halogens is 1.